The quantitative estimate of drug-likeness (QED) is 0.104. The summed E-state index contributed by atoms with van der Waals surface area (Å²) in [6, 6.07) is -2.65. The van der Waals surface area contributed by atoms with Crippen LogP contribution in [0.15, 0.2) is 170 Å². The van der Waals surface area contributed by atoms with Gasteiger partial charge < -0.3 is 161 Å². The van der Waals surface area contributed by atoms with Crippen molar-refractivity contribution in [2.24, 2.45) is 47.0 Å². The van der Waals surface area contributed by atoms with Crippen LogP contribution in [-0.4, -0.2) is 334 Å². The monoisotopic (exact) mass is 1870 g/mol. The van der Waals surface area contributed by atoms with E-state index in [1.165, 1.54) is 38.2 Å². The van der Waals surface area contributed by atoms with Gasteiger partial charge in [-0.25, -0.2) is 0 Å². The average Bonchev–Trinajstić information content (AvgIpc) is 0.805. The van der Waals surface area contributed by atoms with Gasteiger partial charge in [-0.2, -0.15) is 0 Å². The summed E-state index contributed by atoms with van der Waals surface area (Å²) in [6.07, 6.45) is -2.90. The highest BCUT2D eigenvalue weighted by molar-refractivity contribution is 5.72. The van der Waals surface area contributed by atoms with Crippen molar-refractivity contribution in [3.8, 4) is 0 Å². The molecule has 0 aromatic rings. The van der Waals surface area contributed by atoms with Crippen LogP contribution in [0.5, 0.6) is 0 Å². The summed E-state index contributed by atoms with van der Waals surface area (Å²) < 4.78 is 62.4. The lowest BCUT2D eigenvalue weighted by Crippen LogP contribution is -2.62. The highest BCUT2D eigenvalue weighted by atomic mass is 16.7. The maximum atomic E-state index is 13.6. The summed E-state index contributed by atoms with van der Waals surface area (Å²) >= 11 is 0. The Bertz CT molecular complexity index is 3640. The van der Waals surface area contributed by atoms with Gasteiger partial charge in [0.2, 0.25) is 0 Å². The summed E-state index contributed by atoms with van der Waals surface area (Å²) in [5.41, 5.74) is 12.5. The van der Waals surface area contributed by atoms with E-state index in [4.69, 9.17) is 58.8 Å². The predicted molar refractivity (Wildman–Crippen MR) is 481 cm³/mol. The molecule has 132 heavy (non-hydrogen) atoms. The number of allylic oxidation sites excluding steroid dienone is 24. The van der Waals surface area contributed by atoms with Crippen LogP contribution in [0.25, 0.3) is 0 Å². The van der Waals surface area contributed by atoms with Crippen LogP contribution >= 0.6 is 0 Å². The average molecular weight is 1870 g/mol. The molecule has 38 atom stereocenters. The number of carbonyl (C=O) groups excluding carboxylic acids is 2. The van der Waals surface area contributed by atoms with Crippen molar-refractivity contribution in [3.63, 3.8) is 0 Å². The Morgan fingerprint density at radius 3 is 0.939 bits per heavy atom. The molecule has 4 bridgehead atoms. The number of nitrogens with two attached hydrogens (primary N) is 2. The van der Waals surface area contributed by atoms with E-state index >= 15 is 0 Å². The lowest BCUT2D eigenvalue weighted by atomic mass is 9.82. The van der Waals surface area contributed by atoms with Crippen LogP contribution in [0.3, 0.4) is 0 Å². The van der Waals surface area contributed by atoms with Gasteiger partial charge >= 0.3 is 23.9 Å². The smallest absolute Gasteiger partial charge is 0.311 e. The number of carboxylic acids is 2. The SMILES string of the molecule is C[C@@H]1[C@H](O)[C@@H](C)/C=C/C=C/C=C/C=C/C=C/C=C/C=C/[C@H](O[C@@H]2O[C@H](C)[C@@H](O)[C@H](N)[C@@H]2O)C[C@@H]2O[C@](OCCO[C@]34C[C@@H](O)C[C@@H](O)[C@H](O)CC[C@@H](O)C[C@@H](O)CC(=O)O[C@@H](C)[C@H](C)[C@H](O)[C@@H](C)/C=C/C=C/C=C/C=C/C=C/C=C/C=C/[C@H](O[C@@H]5O[C@H](C)[C@@H](O)[C@H](N)[C@@H]5O)C[C@H](O3)[C@H](C(=O)O)[C@@H](O)C4)(C[C@@H](O)C[C@@H](O)[C@H](O)CC[C@@H](O)C[C@@H](O)CC(=O)O[C@H]1C)C[C@H](O)[C@H]2C(=O)O. The Kier molecular flexibility index (Phi) is 49.5. The highest BCUT2D eigenvalue weighted by Gasteiger charge is 2.56. The Balaban J connectivity index is 1.42. The number of esters is 2. The van der Waals surface area contributed by atoms with E-state index in [-0.39, 0.29) is 50.4 Å². The van der Waals surface area contributed by atoms with Gasteiger partial charge in [0.15, 0.2) is 24.2 Å². The molecule has 0 aromatic carbocycles. The molecule has 6 heterocycles. The summed E-state index contributed by atoms with van der Waals surface area (Å²) in [5, 5.41) is 228. The molecule has 0 radical (unpaired) electrons. The van der Waals surface area contributed by atoms with Gasteiger partial charge in [-0.05, 0) is 66.2 Å². The van der Waals surface area contributed by atoms with E-state index in [9.17, 15) is 121 Å². The summed E-state index contributed by atoms with van der Waals surface area (Å²) in [5.74, 6) is -15.2. The second-order valence-corrected chi connectivity index (χ2v) is 35.8. The maximum absolute atomic E-state index is 13.6. The molecule has 0 aromatic heterocycles. The van der Waals surface area contributed by atoms with Gasteiger partial charge in [-0.1, -0.05) is 198 Å². The van der Waals surface area contributed by atoms with Crippen molar-refractivity contribution in [3.05, 3.63) is 170 Å². The lowest BCUT2D eigenvalue weighted by Gasteiger charge is -2.48. The van der Waals surface area contributed by atoms with Crippen LogP contribution in [0.4, 0.5) is 0 Å². The lowest BCUT2D eigenvalue weighted by molar-refractivity contribution is -0.345. The van der Waals surface area contributed by atoms with Crippen LogP contribution in [0, 0.1) is 35.5 Å². The number of aliphatic carboxylic acids is 2. The third-order valence-corrected chi connectivity index (χ3v) is 24.8. The predicted octanol–water partition coefficient (Wildman–Crippen LogP) is 2.49. The first-order chi connectivity index (χ1) is 62.4. The van der Waals surface area contributed by atoms with Gasteiger partial charge in [-0.15, -0.1) is 0 Å². The fraction of sp³-hybridized carbons (Fsp3) is 0.667. The molecule has 36 nitrogen and oxygen atoms in total. The van der Waals surface area contributed by atoms with Crippen molar-refractivity contribution in [1.29, 1.82) is 0 Å². The third kappa shape index (κ3) is 37.9. The van der Waals surface area contributed by atoms with Gasteiger partial charge in [0.05, 0.1) is 172 Å². The molecule has 746 valence electrons. The third-order valence-electron chi connectivity index (χ3n) is 24.8. The minimum absolute atomic E-state index is 0.268. The molecule has 0 spiro atoms. The van der Waals surface area contributed by atoms with Crippen LogP contribution in [0.1, 0.15) is 158 Å². The number of fused-ring (bicyclic) bond motifs is 4. The van der Waals surface area contributed by atoms with Crippen molar-refractivity contribution in [1.82, 2.24) is 0 Å². The number of hydrogen-bond acceptors (Lipinski definition) is 34. The summed E-state index contributed by atoms with van der Waals surface area (Å²) in [6.45, 7) is 11.6. The van der Waals surface area contributed by atoms with Gasteiger partial charge in [0.1, 0.15) is 36.3 Å². The first-order valence-electron chi connectivity index (χ1n) is 45.7. The normalized spacial score (nSPS) is 45.1. The Labute approximate surface area is 772 Å². The van der Waals surface area contributed by atoms with E-state index in [0.717, 1.165) is 0 Å². The number of carbonyl (C=O) groups is 4. The van der Waals surface area contributed by atoms with E-state index in [0.29, 0.717) is 0 Å². The number of cyclic esters (lactones) is 2. The Morgan fingerprint density at radius 2 is 0.636 bits per heavy atom. The van der Waals surface area contributed by atoms with Crippen molar-refractivity contribution in [2.75, 3.05) is 13.2 Å². The number of ether oxygens (including phenoxy) is 10. The molecular formula is C96H148N2O34. The Hall–Kier alpha value is -6.88. The fourth-order valence-electron chi connectivity index (χ4n) is 16.7. The van der Waals surface area contributed by atoms with Crippen LogP contribution in [0.2, 0.25) is 0 Å². The number of aliphatic hydroxyl groups excluding tert-OH is 18. The molecule has 0 saturated carbocycles. The molecule has 24 N–H and O–H groups in total. The zero-order chi connectivity index (χ0) is 97.7. The zero-order valence-electron chi connectivity index (χ0n) is 76.5. The summed E-state index contributed by atoms with van der Waals surface area (Å²) in [4.78, 5) is 53.4. The fourth-order valence-corrected chi connectivity index (χ4v) is 16.7. The molecule has 4 saturated heterocycles. The molecule has 6 rings (SSSR count). The topological polar surface area (TPSA) is 617 Å². The second kappa shape index (κ2) is 57.4. The molecule has 0 unspecified atom stereocenters. The molecule has 4 fully saturated rings. The van der Waals surface area contributed by atoms with Crippen molar-refractivity contribution in [2.45, 2.75) is 353 Å². The van der Waals surface area contributed by atoms with Gasteiger partial charge in [0.25, 0.3) is 0 Å². The van der Waals surface area contributed by atoms with Crippen molar-refractivity contribution >= 4 is 23.9 Å². The molecule has 6 aliphatic heterocycles. The maximum Gasteiger partial charge on any atom is 0.311 e. The van der Waals surface area contributed by atoms with Crippen LogP contribution < -0.4 is 11.5 Å². The first-order valence-corrected chi connectivity index (χ1v) is 45.7. The molecular weight excluding hydrogens is 1730 g/mol. The summed E-state index contributed by atoms with van der Waals surface area (Å²) in [7, 11) is 0. The molecule has 6 aliphatic rings. The molecule has 36 heteroatoms. The van der Waals surface area contributed by atoms with E-state index < -0.39 is 320 Å². The largest absolute Gasteiger partial charge is 0.481 e. The van der Waals surface area contributed by atoms with Crippen LogP contribution in [-0.2, 0) is 66.5 Å². The molecule has 0 aliphatic carbocycles. The molecule has 0 amide bonds. The number of carboxylic acid groups (broad SMARTS) is 2. The van der Waals surface area contributed by atoms with Gasteiger partial charge in [0, 0.05) is 75.0 Å². The highest BCUT2D eigenvalue weighted by Crippen LogP contribution is 2.44. The number of aliphatic hydroxyl groups is 18. The number of rotatable bonds is 11. The second-order valence-electron chi connectivity index (χ2n) is 35.8. The number of hydrogen-bond donors (Lipinski definition) is 22. The minimum atomic E-state index is -2.40. The standard InChI is InChI=1S/C96H148N2O34/c1-55-33-29-25-21-17-13-9-11-15-19-23-27-31-35-69(129-93-89(117)83(97)87(115)61(7)127-93)49-77-81(91(119)120)75(109)53-95(131-77,51-67(103)45-73(107)71(105)39-37-63(99)43-65(101)47-79(111)125-59(5)57(3)85(55)113)123-41-42-124-96-52-68(104)46-74(108)72(106)40-38-64(100)44-66(102)48-80(112)126-60(6)58(4)86(114)56(2)34-30-26-22-18-14-10-12-16-20-24-28-32-36-70(50-78(132-96)82(92(121)122)76(110)54-96)130-94-90(118)84(98)88(116)62(8)128-94/h9-36,55-78,81-90,93-94,99-110,113-118H,37-54,97-98H2,1-8H3,(H,119,120)(H,121,122)/b11-9+,12-10+,17-13+,18-14+,19-15+,20-16+,25-21+,26-22+,27-23+,28-24+,33-29+,34-30+,35-31+,36-32+/t55-,56-,57-,58-,59-,60-,61+,62+,63+,64+,65+,66+,67-,68-,69-,70-,71+,72+,73+,74+,75-,76-,77-,78-,81+,82+,83-,84-,85+,86+,87+,88+,89-,90-,93-,94-,95+,96+/m0/s1. The van der Waals surface area contributed by atoms with E-state index in [1.807, 2.05) is 0 Å². The zero-order valence-corrected chi connectivity index (χ0v) is 76.5. The minimum Gasteiger partial charge on any atom is -0.481 e. The van der Waals surface area contributed by atoms with Gasteiger partial charge in [-0.3, -0.25) is 19.2 Å². The van der Waals surface area contributed by atoms with Crippen molar-refractivity contribution < 1.29 is 169 Å². The van der Waals surface area contributed by atoms with E-state index in [2.05, 4.69) is 0 Å². The van der Waals surface area contributed by atoms with E-state index in [1.54, 1.807) is 187 Å². The first kappa shape index (κ1) is 114. The Morgan fingerprint density at radius 1 is 0.341 bits per heavy atom.